The van der Waals surface area contributed by atoms with Gasteiger partial charge >= 0.3 is 5.97 Å². The summed E-state index contributed by atoms with van der Waals surface area (Å²) in [5, 5.41) is 9.27. The molecule has 3 heteroatoms. The number of carboxylic acids is 1. The van der Waals surface area contributed by atoms with Gasteiger partial charge in [-0.3, -0.25) is 9.69 Å². The highest BCUT2D eigenvalue weighted by Crippen LogP contribution is 2.37. The van der Waals surface area contributed by atoms with Crippen LogP contribution < -0.4 is 0 Å². The van der Waals surface area contributed by atoms with Crippen molar-refractivity contribution in [3.8, 4) is 0 Å². The molecule has 1 rings (SSSR count). The van der Waals surface area contributed by atoms with E-state index in [0.717, 1.165) is 19.5 Å². The second-order valence-corrected chi connectivity index (χ2v) is 4.39. The number of likely N-dealkylation sites (tertiary alicyclic amines) is 1. The molecular formula is C11H19NO2. The highest BCUT2D eigenvalue weighted by molar-refractivity contribution is 5.75. The Labute approximate surface area is 85.4 Å². The monoisotopic (exact) mass is 197 g/mol. The lowest BCUT2D eigenvalue weighted by molar-refractivity contribution is -0.150. The Morgan fingerprint density at radius 3 is 2.71 bits per heavy atom. The van der Waals surface area contributed by atoms with E-state index in [1.807, 2.05) is 19.9 Å². The Morgan fingerprint density at radius 2 is 2.36 bits per heavy atom. The van der Waals surface area contributed by atoms with E-state index < -0.39 is 11.4 Å². The Bertz CT molecular complexity index is 237. The van der Waals surface area contributed by atoms with Crippen molar-refractivity contribution < 1.29 is 9.90 Å². The van der Waals surface area contributed by atoms with Gasteiger partial charge in [-0.05, 0) is 18.9 Å². The molecule has 1 heterocycles. The van der Waals surface area contributed by atoms with Crippen molar-refractivity contribution in [2.75, 3.05) is 19.6 Å². The first-order valence-electron chi connectivity index (χ1n) is 5.09. The van der Waals surface area contributed by atoms with Crippen LogP contribution in [0.5, 0.6) is 0 Å². The molecule has 0 aromatic carbocycles. The summed E-state index contributed by atoms with van der Waals surface area (Å²) in [4.78, 5) is 13.4. The molecule has 0 aromatic rings. The molecule has 0 bridgehead atoms. The minimum absolute atomic E-state index is 0.190. The van der Waals surface area contributed by atoms with E-state index in [1.165, 1.54) is 0 Å². The third-order valence-corrected chi connectivity index (χ3v) is 3.30. The minimum atomic E-state index is -0.654. The maximum absolute atomic E-state index is 11.3. The smallest absolute Gasteiger partial charge is 0.311 e. The molecule has 0 amide bonds. The lowest BCUT2D eigenvalue weighted by Crippen LogP contribution is -2.39. The maximum atomic E-state index is 11.3. The molecule has 1 aliphatic rings. The Hall–Kier alpha value is -0.830. The molecule has 1 fully saturated rings. The van der Waals surface area contributed by atoms with Crippen molar-refractivity contribution >= 4 is 5.97 Å². The number of hydrogen-bond acceptors (Lipinski definition) is 2. The van der Waals surface area contributed by atoms with E-state index in [1.54, 1.807) is 0 Å². The van der Waals surface area contributed by atoms with E-state index in [0.29, 0.717) is 6.54 Å². The molecule has 0 spiro atoms. The van der Waals surface area contributed by atoms with E-state index in [9.17, 15) is 9.90 Å². The van der Waals surface area contributed by atoms with Crippen LogP contribution in [0, 0.1) is 11.3 Å². The third kappa shape index (κ3) is 1.82. The van der Waals surface area contributed by atoms with Crippen LogP contribution in [-0.2, 0) is 4.79 Å². The second-order valence-electron chi connectivity index (χ2n) is 4.39. The minimum Gasteiger partial charge on any atom is -0.481 e. The van der Waals surface area contributed by atoms with Crippen molar-refractivity contribution in [3.63, 3.8) is 0 Å². The zero-order valence-electron chi connectivity index (χ0n) is 8.99. The standard InChI is InChI=1S/C11H19NO2/c1-4-6-12-7-5-11(8-12,9(2)3)10(13)14/h4,9H,1,5-8H2,2-3H3,(H,13,14). The first kappa shape index (κ1) is 11.2. The molecule has 0 saturated carbocycles. The van der Waals surface area contributed by atoms with Gasteiger partial charge in [-0.1, -0.05) is 19.9 Å². The summed E-state index contributed by atoms with van der Waals surface area (Å²) in [5.41, 5.74) is -0.539. The summed E-state index contributed by atoms with van der Waals surface area (Å²) < 4.78 is 0. The molecule has 3 nitrogen and oxygen atoms in total. The van der Waals surface area contributed by atoms with Gasteiger partial charge in [-0.15, -0.1) is 6.58 Å². The average molecular weight is 197 g/mol. The van der Waals surface area contributed by atoms with Gasteiger partial charge in [-0.25, -0.2) is 0 Å². The molecule has 1 unspecified atom stereocenters. The summed E-state index contributed by atoms with van der Waals surface area (Å²) in [6, 6.07) is 0. The molecule has 1 aliphatic heterocycles. The Kier molecular flexibility index (Phi) is 3.32. The van der Waals surface area contributed by atoms with Crippen LogP contribution in [0.3, 0.4) is 0 Å². The van der Waals surface area contributed by atoms with Crippen molar-refractivity contribution in [1.29, 1.82) is 0 Å². The molecule has 1 saturated heterocycles. The van der Waals surface area contributed by atoms with Gasteiger partial charge in [0.15, 0.2) is 0 Å². The number of carbonyl (C=O) groups is 1. The second kappa shape index (κ2) is 4.13. The van der Waals surface area contributed by atoms with Crippen LogP contribution in [0.2, 0.25) is 0 Å². The highest BCUT2D eigenvalue weighted by Gasteiger charge is 2.46. The van der Waals surface area contributed by atoms with Crippen LogP contribution in [0.25, 0.3) is 0 Å². The summed E-state index contributed by atoms with van der Waals surface area (Å²) in [5.74, 6) is -0.464. The predicted molar refractivity (Wildman–Crippen MR) is 56.2 cm³/mol. The SMILES string of the molecule is C=CCN1CCC(C(=O)O)(C(C)C)C1. The lowest BCUT2D eigenvalue weighted by atomic mass is 9.76. The van der Waals surface area contributed by atoms with Gasteiger partial charge in [-0.2, -0.15) is 0 Å². The van der Waals surface area contributed by atoms with Gasteiger partial charge in [0.1, 0.15) is 0 Å². The molecule has 1 N–H and O–H groups in total. The van der Waals surface area contributed by atoms with Crippen LogP contribution >= 0.6 is 0 Å². The van der Waals surface area contributed by atoms with Crippen molar-refractivity contribution in [1.82, 2.24) is 4.90 Å². The number of aliphatic carboxylic acids is 1. The first-order chi connectivity index (χ1) is 6.53. The fraction of sp³-hybridized carbons (Fsp3) is 0.727. The van der Waals surface area contributed by atoms with Crippen LogP contribution in [-0.4, -0.2) is 35.6 Å². The average Bonchev–Trinajstić information content (AvgIpc) is 2.50. The molecule has 80 valence electrons. The van der Waals surface area contributed by atoms with Gasteiger partial charge < -0.3 is 5.11 Å². The summed E-state index contributed by atoms with van der Waals surface area (Å²) in [6.07, 6.45) is 2.59. The first-order valence-corrected chi connectivity index (χ1v) is 5.09. The van der Waals surface area contributed by atoms with E-state index >= 15 is 0 Å². The van der Waals surface area contributed by atoms with Crippen molar-refractivity contribution in [3.05, 3.63) is 12.7 Å². The van der Waals surface area contributed by atoms with Crippen molar-refractivity contribution in [2.45, 2.75) is 20.3 Å². The Morgan fingerprint density at radius 1 is 1.71 bits per heavy atom. The third-order valence-electron chi connectivity index (χ3n) is 3.30. The largest absolute Gasteiger partial charge is 0.481 e. The molecule has 0 aliphatic carbocycles. The van der Waals surface area contributed by atoms with E-state index in [2.05, 4.69) is 11.5 Å². The molecule has 0 aromatic heterocycles. The van der Waals surface area contributed by atoms with E-state index in [-0.39, 0.29) is 5.92 Å². The Balaban J connectivity index is 2.74. The molecule has 14 heavy (non-hydrogen) atoms. The number of rotatable bonds is 4. The molecule has 1 atom stereocenters. The number of hydrogen-bond donors (Lipinski definition) is 1. The quantitative estimate of drug-likeness (QED) is 0.696. The van der Waals surface area contributed by atoms with Gasteiger partial charge in [0.2, 0.25) is 0 Å². The lowest BCUT2D eigenvalue weighted by Gasteiger charge is -2.28. The maximum Gasteiger partial charge on any atom is 0.311 e. The van der Waals surface area contributed by atoms with Gasteiger partial charge in [0.25, 0.3) is 0 Å². The van der Waals surface area contributed by atoms with Gasteiger partial charge in [0.05, 0.1) is 5.41 Å². The van der Waals surface area contributed by atoms with Crippen LogP contribution in [0.15, 0.2) is 12.7 Å². The zero-order chi connectivity index (χ0) is 10.8. The van der Waals surface area contributed by atoms with Crippen molar-refractivity contribution in [2.24, 2.45) is 11.3 Å². The van der Waals surface area contributed by atoms with Crippen LogP contribution in [0.4, 0.5) is 0 Å². The van der Waals surface area contributed by atoms with E-state index in [4.69, 9.17) is 0 Å². The fourth-order valence-electron chi connectivity index (χ4n) is 2.15. The molecular weight excluding hydrogens is 178 g/mol. The fourth-order valence-corrected chi connectivity index (χ4v) is 2.15. The van der Waals surface area contributed by atoms with Crippen LogP contribution in [0.1, 0.15) is 20.3 Å². The topological polar surface area (TPSA) is 40.5 Å². The predicted octanol–water partition coefficient (Wildman–Crippen LogP) is 1.61. The highest BCUT2D eigenvalue weighted by atomic mass is 16.4. The molecule has 0 radical (unpaired) electrons. The zero-order valence-corrected chi connectivity index (χ0v) is 8.99. The van der Waals surface area contributed by atoms with Gasteiger partial charge in [0, 0.05) is 13.1 Å². The number of carboxylic acid groups (broad SMARTS) is 1. The number of nitrogens with zero attached hydrogens (tertiary/aromatic N) is 1. The normalized spacial score (nSPS) is 28.2. The summed E-state index contributed by atoms with van der Waals surface area (Å²) >= 11 is 0. The summed E-state index contributed by atoms with van der Waals surface area (Å²) in [6.45, 7) is 9.98. The summed E-state index contributed by atoms with van der Waals surface area (Å²) in [7, 11) is 0.